The van der Waals surface area contributed by atoms with E-state index in [0.29, 0.717) is 12.2 Å². The van der Waals surface area contributed by atoms with Gasteiger partial charge < -0.3 is 10.2 Å². The van der Waals surface area contributed by atoms with Gasteiger partial charge in [-0.05, 0) is 37.3 Å². The average molecular weight is 314 g/mol. The van der Waals surface area contributed by atoms with Gasteiger partial charge in [-0.2, -0.15) is 5.10 Å². The van der Waals surface area contributed by atoms with E-state index < -0.39 is 0 Å². The number of aromatic amines is 1. The van der Waals surface area contributed by atoms with Crippen LogP contribution in [0.1, 0.15) is 37.2 Å². The molecule has 2 atom stereocenters. The summed E-state index contributed by atoms with van der Waals surface area (Å²) < 4.78 is 0. The Balaban J connectivity index is 1.46. The Hall–Kier alpha value is -1.88. The summed E-state index contributed by atoms with van der Waals surface area (Å²) in [6.45, 7) is 8.76. The molecule has 2 N–H and O–H groups in total. The number of carbonyl (C=O) groups is 1. The third-order valence-electron chi connectivity index (χ3n) is 4.57. The van der Waals surface area contributed by atoms with Crippen molar-refractivity contribution in [3.8, 4) is 0 Å². The molecule has 124 valence electrons. The van der Waals surface area contributed by atoms with Crippen LogP contribution in [0.15, 0.2) is 24.3 Å². The molecule has 1 aliphatic heterocycles. The first-order valence-corrected chi connectivity index (χ1v) is 8.57. The highest BCUT2D eigenvalue weighted by Gasteiger charge is 2.21. The Kier molecular flexibility index (Phi) is 4.96. The monoisotopic (exact) mass is 314 g/mol. The number of piperidine rings is 1. The maximum Gasteiger partial charge on any atom is 0.272 e. The van der Waals surface area contributed by atoms with Crippen LogP contribution in [0.3, 0.4) is 0 Å². The molecule has 1 saturated heterocycles. The smallest absolute Gasteiger partial charge is 0.272 e. The molecule has 2 aromatic rings. The number of para-hydroxylation sites is 1. The first kappa shape index (κ1) is 16.0. The highest BCUT2D eigenvalue weighted by Crippen LogP contribution is 2.20. The minimum atomic E-state index is -0.0946. The molecule has 23 heavy (non-hydrogen) atoms. The van der Waals surface area contributed by atoms with Crippen LogP contribution in [-0.2, 0) is 0 Å². The molecule has 1 aromatic carbocycles. The number of nitrogens with one attached hydrogen (secondary N) is 2. The van der Waals surface area contributed by atoms with Crippen molar-refractivity contribution in [2.45, 2.75) is 26.7 Å². The van der Waals surface area contributed by atoms with Gasteiger partial charge >= 0.3 is 0 Å². The van der Waals surface area contributed by atoms with Crippen LogP contribution in [0.5, 0.6) is 0 Å². The molecule has 1 fully saturated rings. The van der Waals surface area contributed by atoms with Crippen molar-refractivity contribution in [3.63, 3.8) is 0 Å². The zero-order valence-corrected chi connectivity index (χ0v) is 14.0. The maximum atomic E-state index is 12.3. The molecular weight excluding hydrogens is 288 g/mol. The lowest BCUT2D eigenvalue weighted by atomic mass is 9.92. The van der Waals surface area contributed by atoms with Crippen molar-refractivity contribution >= 4 is 16.8 Å². The zero-order valence-electron chi connectivity index (χ0n) is 14.0. The number of amides is 1. The summed E-state index contributed by atoms with van der Waals surface area (Å²) in [5, 5.41) is 10.9. The largest absolute Gasteiger partial charge is 0.351 e. The lowest BCUT2D eigenvalue weighted by Gasteiger charge is -2.34. The highest BCUT2D eigenvalue weighted by molar-refractivity contribution is 6.04. The van der Waals surface area contributed by atoms with E-state index in [1.54, 1.807) is 0 Å². The molecule has 2 heterocycles. The van der Waals surface area contributed by atoms with Crippen molar-refractivity contribution < 1.29 is 4.79 Å². The summed E-state index contributed by atoms with van der Waals surface area (Å²) in [6.07, 6.45) is 2.31. The molecule has 1 aromatic heterocycles. The van der Waals surface area contributed by atoms with Gasteiger partial charge in [-0.15, -0.1) is 0 Å². The number of aromatic nitrogens is 2. The quantitative estimate of drug-likeness (QED) is 0.834. The van der Waals surface area contributed by atoms with Gasteiger partial charge in [-0.1, -0.05) is 32.0 Å². The molecule has 0 saturated carbocycles. The summed E-state index contributed by atoms with van der Waals surface area (Å²) in [6, 6.07) is 7.71. The summed E-state index contributed by atoms with van der Waals surface area (Å²) in [5.74, 6) is 1.47. The molecule has 1 amide bonds. The van der Waals surface area contributed by atoms with Gasteiger partial charge in [0.25, 0.3) is 5.91 Å². The van der Waals surface area contributed by atoms with E-state index in [1.807, 2.05) is 24.3 Å². The van der Waals surface area contributed by atoms with Gasteiger partial charge in [-0.3, -0.25) is 9.89 Å². The Morgan fingerprint density at radius 1 is 1.30 bits per heavy atom. The van der Waals surface area contributed by atoms with E-state index in [1.165, 1.54) is 19.5 Å². The molecule has 0 bridgehead atoms. The third kappa shape index (κ3) is 3.91. The fourth-order valence-electron chi connectivity index (χ4n) is 3.70. The number of rotatable bonds is 5. The second kappa shape index (κ2) is 7.13. The van der Waals surface area contributed by atoms with Crippen LogP contribution in [-0.4, -0.2) is 47.2 Å². The SMILES string of the molecule is CC1CC(C)CN(CCCNC(=O)c2n[nH]c3ccccc23)C1. The summed E-state index contributed by atoms with van der Waals surface area (Å²) in [7, 11) is 0. The van der Waals surface area contributed by atoms with Gasteiger partial charge in [0, 0.05) is 25.0 Å². The van der Waals surface area contributed by atoms with Crippen molar-refractivity contribution in [2.24, 2.45) is 11.8 Å². The van der Waals surface area contributed by atoms with Crippen LogP contribution < -0.4 is 5.32 Å². The van der Waals surface area contributed by atoms with Gasteiger partial charge in [0.05, 0.1) is 5.52 Å². The number of hydrogen-bond acceptors (Lipinski definition) is 3. The minimum absolute atomic E-state index is 0.0946. The van der Waals surface area contributed by atoms with Crippen molar-refractivity contribution in [2.75, 3.05) is 26.2 Å². The topological polar surface area (TPSA) is 61.0 Å². The Morgan fingerprint density at radius 3 is 2.83 bits per heavy atom. The summed E-state index contributed by atoms with van der Waals surface area (Å²) >= 11 is 0. The average Bonchev–Trinajstić information content (AvgIpc) is 2.94. The first-order valence-electron chi connectivity index (χ1n) is 8.57. The van der Waals surface area contributed by atoms with Crippen LogP contribution in [0, 0.1) is 11.8 Å². The molecule has 5 heteroatoms. The molecule has 0 aliphatic carbocycles. The second-order valence-electron chi connectivity index (χ2n) is 6.93. The molecule has 1 aliphatic rings. The lowest BCUT2D eigenvalue weighted by Crippen LogP contribution is -2.40. The van der Waals surface area contributed by atoms with Gasteiger partial charge in [0.1, 0.15) is 0 Å². The maximum absolute atomic E-state index is 12.3. The van der Waals surface area contributed by atoms with Crippen molar-refractivity contribution in [1.82, 2.24) is 20.4 Å². The predicted octanol–water partition coefficient (Wildman–Crippen LogP) is 2.66. The van der Waals surface area contributed by atoms with E-state index in [2.05, 4.69) is 34.3 Å². The minimum Gasteiger partial charge on any atom is -0.351 e. The van der Waals surface area contributed by atoms with Gasteiger partial charge in [0.15, 0.2) is 5.69 Å². The van der Waals surface area contributed by atoms with E-state index in [4.69, 9.17) is 0 Å². The highest BCUT2D eigenvalue weighted by atomic mass is 16.1. The number of fused-ring (bicyclic) bond motifs is 1. The van der Waals surface area contributed by atoms with Gasteiger partial charge in [0.2, 0.25) is 0 Å². The van der Waals surface area contributed by atoms with E-state index in [-0.39, 0.29) is 5.91 Å². The first-order chi connectivity index (χ1) is 11.1. The normalized spacial score (nSPS) is 22.3. The zero-order chi connectivity index (χ0) is 16.2. The van der Waals surface area contributed by atoms with E-state index >= 15 is 0 Å². The number of benzene rings is 1. The molecular formula is C18H26N4O. The van der Waals surface area contributed by atoms with Crippen LogP contribution in [0.4, 0.5) is 0 Å². The molecule has 5 nitrogen and oxygen atoms in total. The second-order valence-corrected chi connectivity index (χ2v) is 6.93. The number of nitrogens with zero attached hydrogens (tertiary/aromatic N) is 2. The molecule has 0 spiro atoms. The lowest BCUT2D eigenvalue weighted by molar-refractivity contribution is 0.0944. The molecule has 2 unspecified atom stereocenters. The Bertz CT molecular complexity index is 656. The van der Waals surface area contributed by atoms with Crippen LogP contribution >= 0.6 is 0 Å². The molecule has 0 radical (unpaired) electrons. The summed E-state index contributed by atoms with van der Waals surface area (Å²) in [4.78, 5) is 14.8. The number of likely N-dealkylation sites (tertiary alicyclic amines) is 1. The fourth-order valence-corrected chi connectivity index (χ4v) is 3.70. The number of carbonyl (C=O) groups excluding carboxylic acids is 1. The van der Waals surface area contributed by atoms with Crippen molar-refractivity contribution in [1.29, 1.82) is 0 Å². The predicted molar refractivity (Wildman–Crippen MR) is 92.4 cm³/mol. The molecule has 3 rings (SSSR count). The van der Waals surface area contributed by atoms with Crippen molar-refractivity contribution in [3.05, 3.63) is 30.0 Å². The van der Waals surface area contributed by atoms with Crippen LogP contribution in [0.25, 0.3) is 10.9 Å². The van der Waals surface area contributed by atoms with E-state index in [9.17, 15) is 4.79 Å². The Morgan fingerprint density at radius 2 is 2.04 bits per heavy atom. The Labute approximate surface area is 137 Å². The standard InChI is InChI=1S/C18H26N4O/c1-13-10-14(2)12-22(11-13)9-5-8-19-18(23)17-15-6-3-4-7-16(15)20-21-17/h3-4,6-7,13-14H,5,8-12H2,1-2H3,(H,19,23)(H,20,21). The van der Waals surface area contributed by atoms with Gasteiger partial charge in [-0.25, -0.2) is 0 Å². The number of hydrogen-bond donors (Lipinski definition) is 2. The summed E-state index contributed by atoms with van der Waals surface area (Å²) in [5.41, 5.74) is 1.38. The fraction of sp³-hybridized carbons (Fsp3) is 0.556. The third-order valence-corrected chi connectivity index (χ3v) is 4.57. The van der Waals surface area contributed by atoms with E-state index in [0.717, 1.165) is 35.7 Å². The number of H-pyrrole nitrogens is 1. The van der Waals surface area contributed by atoms with Crippen LogP contribution in [0.2, 0.25) is 0 Å².